The van der Waals surface area contributed by atoms with Crippen LogP contribution in [0.3, 0.4) is 0 Å². The maximum absolute atomic E-state index is 9.85. The van der Waals surface area contributed by atoms with Crippen LogP contribution in [0, 0.1) is 0 Å². The van der Waals surface area contributed by atoms with Gasteiger partial charge in [-0.25, -0.2) is 0 Å². The van der Waals surface area contributed by atoms with Crippen LogP contribution in [0.4, 0.5) is 0 Å². The molecule has 1 atom stereocenters. The van der Waals surface area contributed by atoms with Crippen molar-refractivity contribution < 1.29 is 19.8 Å². The van der Waals surface area contributed by atoms with Gasteiger partial charge >= 0.3 is 11.9 Å². The Morgan fingerprint density at radius 2 is 1.80 bits per heavy atom. The molecule has 1 unspecified atom stereocenters. The van der Waals surface area contributed by atoms with Crippen molar-refractivity contribution in [3.8, 4) is 0 Å². The van der Waals surface area contributed by atoms with Crippen molar-refractivity contribution in [2.24, 2.45) is 5.73 Å². The molecule has 4 N–H and O–H groups in total. The third-order valence-electron chi connectivity index (χ3n) is 0.712. The third kappa shape index (κ3) is 5.57. The Balaban J connectivity index is 0. The summed E-state index contributed by atoms with van der Waals surface area (Å²) in [5.74, 6) is -2.50. The molecular formula is C4H10AlNO4. The zero-order chi connectivity index (χ0) is 7.44. The summed E-state index contributed by atoms with van der Waals surface area (Å²) in [6.07, 6.45) is -0.532. The average molecular weight is 163 g/mol. The number of carboxylic acid groups (broad SMARTS) is 2. The Morgan fingerprint density at radius 3 is 1.90 bits per heavy atom. The molecule has 0 saturated carbocycles. The predicted molar refractivity (Wildman–Crippen MR) is 37.8 cm³/mol. The van der Waals surface area contributed by atoms with Crippen molar-refractivity contribution in [1.82, 2.24) is 0 Å². The minimum Gasteiger partial charge on any atom is -0.481 e. The molecule has 6 heteroatoms. The molecule has 0 aromatic rings. The van der Waals surface area contributed by atoms with Gasteiger partial charge in [0.2, 0.25) is 0 Å². The monoisotopic (exact) mass is 163 g/mol. The van der Waals surface area contributed by atoms with Crippen LogP contribution in [0.2, 0.25) is 0 Å². The SMILES string of the molecule is NC(CC(=O)O)C(=O)O.[AlH3]. The second-order valence-electron chi connectivity index (χ2n) is 1.54. The number of rotatable bonds is 3. The summed E-state index contributed by atoms with van der Waals surface area (Å²) in [5.41, 5.74) is 4.84. The van der Waals surface area contributed by atoms with Crippen LogP contribution in [0.25, 0.3) is 0 Å². The number of nitrogens with two attached hydrogens (primary N) is 1. The standard InChI is InChI=1S/C4H7NO4.Al.3H/c5-2(4(8)9)1-3(6)7;;;;/h2H,1,5H2,(H,6,7)(H,8,9);;;;. The maximum Gasteiger partial charge on any atom is 0.321 e. The van der Waals surface area contributed by atoms with Crippen molar-refractivity contribution in [3.63, 3.8) is 0 Å². The highest BCUT2D eigenvalue weighted by molar-refractivity contribution is 5.80. The lowest BCUT2D eigenvalue weighted by molar-refractivity contribution is -0.144. The van der Waals surface area contributed by atoms with Gasteiger partial charge in [-0.05, 0) is 0 Å². The quantitative estimate of drug-likeness (QED) is 0.406. The smallest absolute Gasteiger partial charge is 0.321 e. The Hall–Kier alpha value is -0.568. The number of hydrogen-bond donors (Lipinski definition) is 3. The van der Waals surface area contributed by atoms with Crippen molar-refractivity contribution in [2.75, 3.05) is 0 Å². The predicted octanol–water partition coefficient (Wildman–Crippen LogP) is -2.31. The largest absolute Gasteiger partial charge is 0.481 e. The zero-order valence-electron chi connectivity index (χ0n) is 4.57. The van der Waals surface area contributed by atoms with E-state index in [9.17, 15) is 9.59 Å². The normalized spacial score (nSPS) is 11.3. The molecule has 0 bridgehead atoms. The van der Waals surface area contributed by atoms with Crippen molar-refractivity contribution in [3.05, 3.63) is 0 Å². The summed E-state index contributed by atoms with van der Waals surface area (Å²) >= 11 is 0. The lowest BCUT2D eigenvalue weighted by atomic mass is 10.2. The summed E-state index contributed by atoms with van der Waals surface area (Å²) in [4.78, 5) is 19.6. The minimum atomic E-state index is -1.29. The molecule has 0 saturated heterocycles. The van der Waals surface area contributed by atoms with E-state index in [1.807, 2.05) is 0 Å². The van der Waals surface area contributed by atoms with E-state index in [-0.39, 0.29) is 17.4 Å². The number of aliphatic carboxylic acids is 2. The van der Waals surface area contributed by atoms with Crippen LogP contribution < -0.4 is 5.73 Å². The summed E-state index contributed by atoms with van der Waals surface area (Å²) in [6.45, 7) is 0. The molecule has 0 aliphatic carbocycles. The summed E-state index contributed by atoms with van der Waals surface area (Å²) in [6, 6.07) is -1.29. The van der Waals surface area contributed by atoms with Gasteiger partial charge in [-0.15, -0.1) is 0 Å². The van der Waals surface area contributed by atoms with Crippen LogP contribution in [-0.4, -0.2) is 45.6 Å². The molecule has 0 amide bonds. The molecule has 0 heterocycles. The molecule has 0 aromatic carbocycles. The van der Waals surface area contributed by atoms with Gasteiger partial charge in [0.1, 0.15) is 6.04 Å². The highest BCUT2D eigenvalue weighted by Gasteiger charge is 2.14. The van der Waals surface area contributed by atoms with E-state index in [2.05, 4.69) is 0 Å². The van der Waals surface area contributed by atoms with E-state index in [0.717, 1.165) is 0 Å². The van der Waals surface area contributed by atoms with Gasteiger partial charge in [0.15, 0.2) is 17.4 Å². The summed E-state index contributed by atoms with van der Waals surface area (Å²) in [7, 11) is 0. The van der Waals surface area contributed by atoms with Crippen LogP contribution in [0.1, 0.15) is 6.42 Å². The zero-order valence-corrected chi connectivity index (χ0v) is 4.57. The Morgan fingerprint density at radius 1 is 1.40 bits per heavy atom. The van der Waals surface area contributed by atoms with Crippen molar-refractivity contribution in [1.29, 1.82) is 0 Å². The van der Waals surface area contributed by atoms with Crippen LogP contribution in [-0.2, 0) is 9.59 Å². The molecule has 10 heavy (non-hydrogen) atoms. The summed E-state index contributed by atoms with van der Waals surface area (Å²) in [5, 5.41) is 16.0. The van der Waals surface area contributed by atoms with Gasteiger partial charge in [-0.2, -0.15) is 0 Å². The van der Waals surface area contributed by atoms with E-state index >= 15 is 0 Å². The molecule has 58 valence electrons. The number of carboxylic acids is 2. The minimum absolute atomic E-state index is 0. The van der Waals surface area contributed by atoms with Gasteiger partial charge in [0, 0.05) is 0 Å². The third-order valence-corrected chi connectivity index (χ3v) is 0.712. The van der Waals surface area contributed by atoms with Gasteiger partial charge in [-0.3, -0.25) is 9.59 Å². The van der Waals surface area contributed by atoms with E-state index in [0.29, 0.717) is 0 Å². The van der Waals surface area contributed by atoms with E-state index in [1.165, 1.54) is 0 Å². The first kappa shape index (κ1) is 12.1. The number of hydrogen-bond acceptors (Lipinski definition) is 3. The first-order valence-corrected chi connectivity index (χ1v) is 2.24. The molecule has 0 spiro atoms. The average Bonchev–Trinajstić information content (AvgIpc) is 1.63. The lowest BCUT2D eigenvalue weighted by Crippen LogP contribution is -2.32. The molecule has 0 aliphatic rings. The van der Waals surface area contributed by atoms with E-state index in [1.54, 1.807) is 0 Å². The van der Waals surface area contributed by atoms with Crippen molar-refractivity contribution >= 4 is 29.3 Å². The molecule has 0 radical (unpaired) electrons. The fraction of sp³-hybridized carbons (Fsp3) is 0.500. The van der Waals surface area contributed by atoms with E-state index < -0.39 is 24.4 Å². The first-order valence-electron chi connectivity index (χ1n) is 2.24. The molecule has 0 fully saturated rings. The van der Waals surface area contributed by atoms with Crippen LogP contribution in [0.5, 0.6) is 0 Å². The summed E-state index contributed by atoms with van der Waals surface area (Å²) < 4.78 is 0. The second-order valence-corrected chi connectivity index (χ2v) is 1.54. The van der Waals surface area contributed by atoms with Crippen LogP contribution in [0.15, 0.2) is 0 Å². The topological polar surface area (TPSA) is 101 Å². The van der Waals surface area contributed by atoms with Gasteiger partial charge in [0.25, 0.3) is 0 Å². The Bertz CT molecular complexity index is 137. The second kappa shape index (κ2) is 5.24. The Kier molecular flexibility index (Phi) is 6.36. The highest BCUT2D eigenvalue weighted by atomic mass is 27.0. The van der Waals surface area contributed by atoms with Crippen molar-refractivity contribution in [2.45, 2.75) is 12.5 Å². The Labute approximate surface area is 68.0 Å². The van der Waals surface area contributed by atoms with Gasteiger partial charge < -0.3 is 15.9 Å². The number of carbonyl (C=O) groups is 2. The fourth-order valence-electron chi connectivity index (χ4n) is 0.275. The lowest BCUT2D eigenvalue weighted by Gasteiger charge is -1.99. The molecule has 0 aromatic heterocycles. The first-order chi connectivity index (χ1) is 4.04. The van der Waals surface area contributed by atoms with Crippen LogP contribution >= 0.6 is 0 Å². The maximum atomic E-state index is 9.85. The van der Waals surface area contributed by atoms with Gasteiger partial charge in [-0.1, -0.05) is 0 Å². The van der Waals surface area contributed by atoms with Gasteiger partial charge in [0.05, 0.1) is 6.42 Å². The molecular weight excluding hydrogens is 153 g/mol. The molecule has 0 rings (SSSR count). The fourth-order valence-corrected chi connectivity index (χ4v) is 0.275. The molecule has 5 nitrogen and oxygen atoms in total. The van der Waals surface area contributed by atoms with E-state index in [4.69, 9.17) is 15.9 Å². The molecule has 0 aliphatic heterocycles. The highest BCUT2D eigenvalue weighted by Crippen LogP contribution is 1.86.